The third kappa shape index (κ3) is 3.16. The number of nitrogens with zero attached hydrogens (tertiary/aromatic N) is 1. The van der Waals surface area contributed by atoms with Gasteiger partial charge in [-0.05, 0) is 44.9 Å². The highest BCUT2D eigenvalue weighted by atomic mass is 15.3. The van der Waals surface area contributed by atoms with Crippen LogP contribution in [0.25, 0.3) is 0 Å². The van der Waals surface area contributed by atoms with Crippen molar-refractivity contribution < 1.29 is 0 Å². The number of hydrogen-bond acceptors (Lipinski definition) is 2. The lowest BCUT2D eigenvalue weighted by Crippen LogP contribution is -2.69. The molecule has 2 rings (SSSR count). The number of nitrogens with one attached hydrogen (secondary N) is 1. The fraction of sp³-hybridized carbons (Fsp3) is 1.00. The van der Waals surface area contributed by atoms with Gasteiger partial charge in [0.05, 0.1) is 0 Å². The number of rotatable bonds is 5. The first-order valence-electron chi connectivity index (χ1n) is 8.57. The first-order valence-corrected chi connectivity index (χ1v) is 8.57. The molecule has 2 aliphatic rings. The van der Waals surface area contributed by atoms with Gasteiger partial charge in [-0.25, -0.2) is 0 Å². The second-order valence-corrected chi connectivity index (χ2v) is 7.23. The van der Waals surface area contributed by atoms with Crippen molar-refractivity contribution in [3.8, 4) is 0 Å². The molecule has 19 heavy (non-hydrogen) atoms. The van der Waals surface area contributed by atoms with Gasteiger partial charge in [0.2, 0.25) is 0 Å². The molecular formula is C17H34N2. The third-order valence-electron chi connectivity index (χ3n) is 6.10. The molecule has 1 heterocycles. The van der Waals surface area contributed by atoms with Gasteiger partial charge in [-0.15, -0.1) is 0 Å². The van der Waals surface area contributed by atoms with Gasteiger partial charge in [0, 0.05) is 30.7 Å². The van der Waals surface area contributed by atoms with Gasteiger partial charge in [-0.2, -0.15) is 0 Å². The zero-order valence-corrected chi connectivity index (χ0v) is 13.6. The second-order valence-electron chi connectivity index (χ2n) is 7.23. The van der Waals surface area contributed by atoms with Crippen LogP contribution in [-0.2, 0) is 0 Å². The van der Waals surface area contributed by atoms with E-state index in [1.54, 1.807) is 0 Å². The molecule has 1 aliphatic carbocycles. The zero-order valence-electron chi connectivity index (χ0n) is 13.6. The summed E-state index contributed by atoms with van der Waals surface area (Å²) in [7, 11) is 0. The highest BCUT2D eigenvalue weighted by Gasteiger charge is 2.43. The average Bonchev–Trinajstić information content (AvgIpc) is 2.93. The Morgan fingerprint density at radius 2 is 1.68 bits per heavy atom. The maximum absolute atomic E-state index is 3.85. The monoisotopic (exact) mass is 266 g/mol. The Morgan fingerprint density at radius 3 is 2.21 bits per heavy atom. The topological polar surface area (TPSA) is 15.3 Å². The first-order chi connectivity index (χ1) is 9.07. The van der Waals surface area contributed by atoms with Gasteiger partial charge in [0.15, 0.2) is 0 Å². The maximum Gasteiger partial charge on any atom is 0.0329 e. The molecule has 0 spiro atoms. The van der Waals surface area contributed by atoms with Crippen LogP contribution in [0.4, 0.5) is 0 Å². The Bertz CT molecular complexity index is 279. The summed E-state index contributed by atoms with van der Waals surface area (Å²) in [6, 6.07) is 0. The van der Waals surface area contributed by atoms with Crippen LogP contribution in [0.1, 0.15) is 72.6 Å². The molecule has 1 aliphatic heterocycles. The normalized spacial score (nSPS) is 32.8. The minimum absolute atomic E-state index is 0.326. The van der Waals surface area contributed by atoms with Gasteiger partial charge >= 0.3 is 0 Å². The molecule has 0 aromatic carbocycles. The van der Waals surface area contributed by atoms with E-state index in [0.29, 0.717) is 11.1 Å². The predicted octanol–water partition coefficient (Wildman–Crippen LogP) is 3.81. The van der Waals surface area contributed by atoms with Crippen LogP contribution in [0, 0.1) is 5.92 Å². The molecule has 1 saturated heterocycles. The maximum atomic E-state index is 3.85. The van der Waals surface area contributed by atoms with Gasteiger partial charge < -0.3 is 5.32 Å². The molecule has 1 saturated carbocycles. The number of piperazine rings is 1. The van der Waals surface area contributed by atoms with Crippen LogP contribution in [0.15, 0.2) is 0 Å². The molecule has 2 heteroatoms. The Morgan fingerprint density at radius 1 is 1.05 bits per heavy atom. The van der Waals surface area contributed by atoms with E-state index >= 15 is 0 Å². The fourth-order valence-corrected chi connectivity index (χ4v) is 4.08. The van der Waals surface area contributed by atoms with Crippen molar-refractivity contribution in [1.29, 1.82) is 0 Å². The van der Waals surface area contributed by atoms with Crippen LogP contribution < -0.4 is 5.32 Å². The lowest BCUT2D eigenvalue weighted by molar-refractivity contribution is -0.00781. The summed E-state index contributed by atoms with van der Waals surface area (Å²) < 4.78 is 0. The Hall–Kier alpha value is -0.0800. The Kier molecular flexibility index (Phi) is 4.94. The lowest BCUT2D eigenvalue weighted by Gasteiger charge is -2.54. The van der Waals surface area contributed by atoms with Gasteiger partial charge in [-0.1, -0.05) is 33.6 Å². The highest BCUT2D eigenvalue weighted by molar-refractivity contribution is 5.02. The van der Waals surface area contributed by atoms with E-state index in [-0.39, 0.29) is 0 Å². The first kappa shape index (κ1) is 15.3. The molecule has 2 fully saturated rings. The average molecular weight is 266 g/mol. The summed E-state index contributed by atoms with van der Waals surface area (Å²) in [5, 5.41) is 3.85. The minimum Gasteiger partial charge on any atom is -0.308 e. The van der Waals surface area contributed by atoms with E-state index in [0.717, 1.165) is 5.92 Å². The largest absolute Gasteiger partial charge is 0.308 e. The molecule has 0 aromatic heterocycles. The van der Waals surface area contributed by atoms with Crippen molar-refractivity contribution in [3.63, 3.8) is 0 Å². The molecular weight excluding hydrogens is 232 g/mol. The molecule has 1 unspecified atom stereocenters. The van der Waals surface area contributed by atoms with Crippen LogP contribution in [-0.4, -0.2) is 35.6 Å². The second kappa shape index (κ2) is 6.13. The molecule has 2 nitrogen and oxygen atoms in total. The summed E-state index contributed by atoms with van der Waals surface area (Å²) in [4.78, 5) is 2.86. The van der Waals surface area contributed by atoms with E-state index in [1.807, 2.05) is 0 Å². The molecule has 112 valence electrons. The minimum atomic E-state index is 0.326. The standard InChI is InChI=1S/C17H34N2/c1-5-16(4)14-19(12-15-10-8-9-11-15)17(6-2,7-3)13-18-16/h15,18H,5-14H2,1-4H3. The summed E-state index contributed by atoms with van der Waals surface area (Å²) in [6.45, 7) is 13.2. The smallest absolute Gasteiger partial charge is 0.0329 e. The molecule has 0 bridgehead atoms. The molecule has 0 aromatic rings. The molecule has 0 amide bonds. The van der Waals surface area contributed by atoms with Gasteiger partial charge in [0.1, 0.15) is 0 Å². The zero-order chi connectivity index (χ0) is 13.9. The van der Waals surface area contributed by atoms with E-state index in [2.05, 4.69) is 37.9 Å². The Labute approximate surface area is 120 Å². The third-order valence-corrected chi connectivity index (χ3v) is 6.10. The van der Waals surface area contributed by atoms with E-state index in [9.17, 15) is 0 Å². The fourth-order valence-electron chi connectivity index (χ4n) is 4.08. The summed E-state index contributed by atoms with van der Waals surface area (Å²) in [6.07, 6.45) is 9.66. The van der Waals surface area contributed by atoms with Crippen LogP contribution in [0.2, 0.25) is 0 Å². The van der Waals surface area contributed by atoms with Crippen molar-refractivity contribution in [2.75, 3.05) is 19.6 Å². The SMILES string of the molecule is CCC1(C)CN(CC2CCCC2)C(CC)(CC)CN1. The molecule has 0 radical (unpaired) electrons. The Balaban J connectivity index is 2.10. The van der Waals surface area contributed by atoms with E-state index < -0.39 is 0 Å². The van der Waals surface area contributed by atoms with Crippen molar-refractivity contribution >= 4 is 0 Å². The summed E-state index contributed by atoms with van der Waals surface area (Å²) >= 11 is 0. The van der Waals surface area contributed by atoms with Crippen molar-refractivity contribution in [3.05, 3.63) is 0 Å². The van der Waals surface area contributed by atoms with Gasteiger partial charge in [0.25, 0.3) is 0 Å². The van der Waals surface area contributed by atoms with Crippen LogP contribution in [0.3, 0.4) is 0 Å². The van der Waals surface area contributed by atoms with Crippen molar-refractivity contribution in [1.82, 2.24) is 10.2 Å². The summed E-state index contributed by atoms with van der Waals surface area (Å²) in [5.41, 5.74) is 0.740. The molecule has 1 atom stereocenters. The quantitative estimate of drug-likeness (QED) is 0.814. The highest BCUT2D eigenvalue weighted by Crippen LogP contribution is 2.34. The van der Waals surface area contributed by atoms with Crippen molar-refractivity contribution in [2.45, 2.75) is 83.7 Å². The lowest BCUT2D eigenvalue weighted by atomic mass is 9.82. The molecule has 1 N–H and O–H groups in total. The van der Waals surface area contributed by atoms with Crippen molar-refractivity contribution in [2.24, 2.45) is 5.92 Å². The predicted molar refractivity (Wildman–Crippen MR) is 83.5 cm³/mol. The number of hydrogen-bond donors (Lipinski definition) is 1. The van der Waals surface area contributed by atoms with Crippen LogP contribution >= 0.6 is 0 Å². The van der Waals surface area contributed by atoms with E-state index in [1.165, 1.54) is 64.6 Å². The van der Waals surface area contributed by atoms with Gasteiger partial charge in [-0.3, -0.25) is 4.90 Å². The summed E-state index contributed by atoms with van der Waals surface area (Å²) in [5.74, 6) is 0.969. The van der Waals surface area contributed by atoms with Crippen LogP contribution in [0.5, 0.6) is 0 Å². The van der Waals surface area contributed by atoms with E-state index in [4.69, 9.17) is 0 Å².